The number of benzene rings is 4. The molecule has 0 amide bonds. The van der Waals surface area contributed by atoms with Gasteiger partial charge in [-0.1, -0.05) is 93.1 Å². The molecule has 4 aromatic heterocycles. The van der Waals surface area contributed by atoms with E-state index in [1.54, 1.807) is 36.4 Å². The van der Waals surface area contributed by atoms with Crippen LogP contribution in [-0.2, 0) is 33.1 Å². The van der Waals surface area contributed by atoms with Crippen LogP contribution in [0.2, 0.25) is 20.1 Å². The van der Waals surface area contributed by atoms with Gasteiger partial charge in [0.05, 0.1) is 80.4 Å². The monoisotopic (exact) mass is 1140 g/mol. The van der Waals surface area contributed by atoms with Gasteiger partial charge in [0.25, 0.3) is 0 Å². The van der Waals surface area contributed by atoms with E-state index in [1.807, 2.05) is 60.7 Å². The minimum Gasteiger partial charge on any atom is -0.384 e. The predicted octanol–water partition coefficient (Wildman–Crippen LogP) is 16.4. The van der Waals surface area contributed by atoms with Crippen LogP contribution in [0.15, 0.2) is 111 Å². The van der Waals surface area contributed by atoms with Gasteiger partial charge >= 0.3 is 0 Å². The highest BCUT2D eigenvalue weighted by atomic mass is 79.9. The number of fused-ring (bicyclic) bond motifs is 2. The summed E-state index contributed by atoms with van der Waals surface area (Å²) < 4.78 is 24.6. The van der Waals surface area contributed by atoms with Gasteiger partial charge in [0, 0.05) is 57.7 Å². The van der Waals surface area contributed by atoms with Crippen LogP contribution in [-0.4, -0.2) is 43.4 Å². The molecule has 4 heterocycles. The van der Waals surface area contributed by atoms with Gasteiger partial charge in [-0.3, -0.25) is 9.78 Å². The van der Waals surface area contributed by atoms with E-state index in [9.17, 15) is 9.90 Å². The van der Waals surface area contributed by atoms with Crippen LogP contribution < -0.4 is 0 Å². The van der Waals surface area contributed by atoms with E-state index in [4.69, 9.17) is 81.7 Å². The quantitative estimate of drug-likeness (QED) is 0.0969. The number of aliphatic hydroxyl groups is 1. The third kappa shape index (κ3) is 12.0. The maximum absolute atomic E-state index is 11.4. The molecule has 12 rings (SSSR count). The Morgan fingerprint density at radius 1 is 0.667 bits per heavy atom. The molecule has 8 aromatic rings. The summed E-state index contributed by atoms with van der Waals surface area (Å²) >= 11 is 29.0. The number of halogens is 5. The van der Waals surface area contributed by atoms with Crippen LogP contribution in [0.3, 0.4) is 0 Å². The van der Waals surface area contributed by atoms with Crippen molar-refractivity contribution in [3.63, 3.8) is 0 Å². The van der Waals surface area contributed by atoms with Crippen molar-refractivity contribution >= 4 is 95.6 Å². The van der Waals surface area contributed by atoms with E-state index in [1.165, 1.54) is 0 Å². The lowest BCUT2D eigenvalue weighted by atomic mass is 9.80. The summed E-state index contributed by atoms with van der Waals surface area (Å²) in [5, 5.41) is 32.7. The highest BCUT2D eigenvalue weighted by Gasteiger charge is 2.39. The molecule has 4 aliphatic carbocycles. The topological polar surface area (TPSA) is 162 Å². The molecule has 0 spiro atoms. The summed E-state index contributed by atoms with van der Waals surface area (Å²) in [4.78, 5) is 23.9. The highest BCUT2D eigenvalue weighted by Crippen LogP contribution is 2.48. The number of rotatable bonds is 11. The zero-order valence-corrected chi connectivity index (χ0v) is 45.1. The Balaban J connectivity index is 0.000000144. The molecule has 0 aliphatic heterocycles. The first kappa shape index (κ1) is 52.7. The molecule has 4 fully saturated rings. The summed E-state index contributed by atoms with van der Waals surface area (Å²) in [6.45, 7) is 8.12. The Labute approximate surface area is 462 Å². The fourth-order valence-corrected chi connectivity index (χ4v) is 11.3. The maximum Gasteiger partial charge on any atom is 0.196 e. The molecule has 12 nitrogen and oxygen atoms in total. The summed E-state index contributed by atoms with van der Waals surface area (Å²) in [7, 11) is 0. The lowest BCUT2D eigenvalue weighted by Crippen LogP contribution is -2.35. The second kappa shape index (κ2) is 23.3. The molecule has 0 bridgehead atoms. The Morgan fingerprint density at radius 2 is 1.16 bits per heavy atom. The Morgan fingerprint density at radius 3 is 1.68 bits per heavy atom. The normalized spacial score (nSPS) is 18.7. The fourth-order valence-electron chi connectivity index (χ4n) is 9.79. The molecule has 4 aromatic carbocycles. The summed E-state index contributed by atoms with van der Waals surface area (Å²) in [6.07, 6.45) is 9.72. The number of ether oxygens (including phenoxy) is 2. The van der Waals surface area contributed by atoms with Gasteiger partial charge < -0.3 is 23.6 Å². The van der Waals surface area contributed by atoms with Gasteiger partial charge in [-0.25, -0.2) is 9.83 Å². The minimum atomic E-state index is -1.02. The fraction of sp³-hybridized carbons (Fsp3) is 0.328. The number of Topliss-reactive ketones (excluding diaryl/α,β-unsaturated/α-hetero) is 1. The summed E-state index contributed by atoms with van der Waals surface area (Å²) in [6, 6.07) is 31.4. The first-order chi connectivity index (χ1) is 36.4. The van der Waals surface area contributed by atoms with Crippen molar-refractivity contribution in [3.05, 3.63) is 167 Å². The molecular formula is C58H49BrCl4N6O6. The molecule has 382 valence electrons. The number of hydrogen-bond acceptors (Lipinski definition) is 11. The number of carbonyl (C=O) groups is 1. The van der Waals surface area contributed by atoms with Gasteiger partial charge in [0.15, 0.2) is 5.69 Å². The average Bonchev–Trinajstić information content (AvgIpc) is 4.37. The largest absolute Gasteiger partial charge is 0.384 e. The highest BCUT2D eigenvalue weighted by molar-refractivity contribution is 9.10. The van der Waals surface area contributed by atoms with E-state index < -0.39 is 5.60 Å². The number of carbonyl (C=O) groups excluding carboxylic acids is 1. The van der Waals surface area contributed by atoms with Crippen LogP contribution in [0, 0.1) is 17.9 Å². The molecule has 0 atom stereocenters. The molecule has 0 unspecified atom stereocenters. The molecule has 4 saturated carbocycles. The Kier molecular flexibility index (Phi) is 16.4. The van der Waals surface area contributed by atoms with Crippen molar-refractivity contribution in [3.8, 4) is 28.6 Å². The number of pyridine rings is 2. The first-order valence-electron chi connectivity index (χ1n) is 25.0. The van der Waals surface area contributed by atoms with Crippen molar-refractivity contribution in [2.45, 2.75) is 120 Å². The Hall–Kier alpha value is -5.71. The van der Waals surface area contributed by atoms with E-state index in [-0.39, 0.29) is 12.2 Å². The average molecular weight is 1150 g/mol. The van der Waals surface area contributed by atoms with Gasteiger partial charge in [-0.15, -0.1) is 0 Å². The molecule has 17 heteroatoms. The molecule has 1 N–H and O–H groups in total. The molecule has 75 heavy (non-hydrogen) atoms. The molecule has 4 aliphatic rings. The molecule has 0 saturated heterocycles. The van der Waals surface area contributed by atoms with Crippen LogP contribution >= 0.6 is 62.3 Å². The van der Waals surface area contributed by atoms with Crippen molar-refractivity contribution in [1.29, 1.82) is 5.26 Å². The third-order valence-electron chi connectivity index (χ3n) is 14.2. The standard InChI is InChI=1S/C29H25Cl2N3O3.C19H19Cl2NO3.C10H5BrN2/c1-32-23-6-3-7-24-19(23)10-11-25(33-24)29(35)14-12-18(13-15-29)36-16-20-27(34-37-28(20)17-8-9-17)26-21(30)4-2-5-22(26)31;20-15-2-1-3-16(21)17(15)18-14(19(25-22-18)11-4-5-11)10-24-13-8-6-12(23)7-9-13;11-10-5-4-8-7(6-12)2-1-3-9(8)13-10/h2-7,10-11,17-18,35H,8-9,12-16H2;1-3,11,13H,4-10H2;1-5H. The lowest BCUT2D eigenvalue weighted by molar-refractivity contribution is -0.123. The summed E-state index contributed by atoms with van der Waals surface area (Å²) in [5.74, 6) is 2.84. The zero-order chi connectivity index (χ0) is 52.2. The first-order valence-corrected chi connectivity index (χ1v) is 27.3. The van der Waals surface area contributed by atoms with Crippen molar-refractivity contribution in [1.82, 2.24) is 20.3 Å². The number of hydrogen-bond donors (Lipinski definition) is 1. The minimum absolute atomic E-state index is 0.00836. The van der Waals surface area contributed by atoms with Crippen molar-refractivity contribution < 1.29 is 28.4 Å². The number of ketones is 1. The summed E-state index contributed by atoms with van der Waals surface area (Å²) in [5.41, 5.74) is 6.95. The van der Waals surface area contributed by atoms with Crippen molar-refractivity contribution in [2.75, 3.05) is 0 Å². The molecule has 0 radical (unpaired) electrons. The van der Waals surface area contributed by atoms with Gasteiger partial charge in [-0.05, 0) is 141 Å². The number of nitrogens with zero attached hydrogens (tertiary/aromatic N) is 6. The predicted molar refractivity (Wildman–Crippen MR) is 293 cm³/mol. The van der Waals surface area contributed by atoms with Crippen LogP contribution in [0.1, 0.15) is 123 Å². The van der Waals surface area contributed by atoms with Crippen LogP contribution in [0.4, 0.5) is 5.69 Å². The van der Waals surface area contributed by atoms with Gasteiger partial charge in [0.2, 0.25) is 0 Å². The van der Waals surface area contributed by atoms with E-state index >= 15 is 0 Å². The Bertz CT molecular complexity index is 3450. The number of aromatic nitrogens is 4. The number of nitriles is 1. The van der Waals surface area contributed by atoms with Gasteiger partial charge in [0.1, 0.15) is 38.9 Å². The van der Waals surface area contributed by atoms with E-state index in [2.05, 4.69) is 42.1 Å². The van der Waals surface area contributed by atoms with Crippen LogP contribution in [0.5, 0.6) is 0 Å². The smallest absolute Gasteiger partial charge is 0.196 e. The second-order valence-electron chi connectivity index (χ2n) is 19.4. The van der Waals surface area contributed by atoms with E-state index in [0.29, 0.717) is 129 Å². The second-order valence-corrected chi connectivity index (χ2v) is 21.8. The van der Waals surface area contributed by atoms with E-state index in [0.717, 1.165) is 87.6 Å². The van der Waals surface area contributed by atoms with Crippen LogP contribution in [0.25, 0.3) is 49.2 Å². The zero-order valence-electron chi connectivity index (χ0n) is 40.5. The molecular weight excluding hydrogens is 1100 g/mol. The lowest BCUT2D eigenvalue weighted by Gasteiger charge is -2.35. The SMILES string of the molecule is N#Cc1cccc2nc(Br)ccc12.O=C1CCC(OCc2c(-c3c(Cl)cccc3Cl)noc2C2CC2)CC1.[C-]#[N+]c1cccc2nc(C3(O)CCC(OCc4c(-c5c(Cl)cccc5Cl)noc4C4CC4)CC3)ccc12. The van der Waals surface area contributed by atoms with Crippen molar-refractivity contribution in [2.24, 2.45) is 0 Å². The third-order valence-corrected chi connectivity index (χ3v) is 15.9. The van der Waals surface area contributed by atoms with Gasteiger partial charge in [-0.2, -0.15) is 5.26 Å². The maximum atomic E-state index is 11.4.